The van der Waals surface area contributed by atoms with Crippen LogP contribution in [-0.4, -0.2) is 50.1 Å². The summed E-state index contributed by atoms with van der Waals surface area (Å²) in [4.78, 5) is 24.0. The van der Waals surface area contributed by atoms with E-state index in [0.717, 1.165) is 12.8 Å². The maximum Gasteiger partial charge on any atom is 0.338 e. The molecule has 3 rings (SSSR count). The van der Waals surface area contributed by atoms with Gasteiger partial charge >= 0.3 is 11.9 Å². The van der Waals surface area contributed by atoms with Gasteiger partial charge in [0.05, 0.1) is 31.3 Å². The molecule has 0 unspecified atom stereocenters. The van der Waals surface area contributed by atoms with E-state index >= 15 is 0 Å². The largest absolute Gasteiger partial charge is 0.469 e. The Labute approximate surface area is 141 Å². The maximum atomic E-state index is 12.3. The van der Waals surface area contributed by atoms with Crippen LogP contribution in [0, 0.1) is 0 Å². The summed E-state index contributed by atoms with van der Waals surface area (Å²) < 4.78 is 22.1. The third kappa shape index (κ3) is 3.94. The highest BCUT2D eigenvalue weighted by Crippen LogP contribution is 2.32. The Morgan fingerprint density at radius 2 is 2.00 bits per heavy atom. The van der Waals surface area contributed by atoms with Crippen molar-refractivity contribution in [3.8, 4) is 0 Å². The van der Waals surface area contributed by atoms with E-state index in [0.29, 0.717) is 18.6 Å². The molecule has 2 saturated heterocycles. The van der Waals surface area contributed by atoms with Crippen molar-refractivity contribution in [1.82, 2.24) is 0 Å². The van der Waals surface area contributed by atoms with Gasteiger partial charge in [0, 0.05) is 13.0 Å². The van der Waals surface area contributed by atoms with Gasteiger partial charge < -0.3 is 18.9 Å². The molecule has 0 aromatic heterocycles. The van der Waals surface area contributed by atoms with Crippen LogP contribution in [-0.2, 0) is 23.7 Å². The van der Waals surface area contributed by atoms with E-state index in [1.807, 2.05) is 6.07 Å². The minimum Gasteiger partial charge on any atom is -0.469 e. The van der Waals surface area contributed by atoms with E-state index in [9.17, 15) is 9.59 Å². The second-order valence-electron chi connectivity index (χ2n) is 6.09. The average molecular weight is 334 g/mol. The van der Waals surface area contributed by atoms with Crippen LogP contribution in [0.15, 0.2) is 30.3 Å². The van der Waals surface area contributed by atoms with Crippen LogP contribution in [0.25, 0.3) is 0 Å². The Hall–Kier alpha value is -1.92. The molecule has 24 heavy (non-hydrogen) atoms. The number of rotatable bonds is 4. The number of esters is 2. The molecule has 0 amide bonds. The minimum absolute atomic E-state index is 0.0555. The summed E-state index contributed by atoms with van der Waals surface area (Å²) in [5, 5.41) is 0. The Kier molecular flexibility index (Phi) is 5.48. The number of hydrogen-bond acceptors (Lipinski definition) is 6. The van der Waals surface area contributed by atoms with Crippen molar-refractivity contribution in [2.24, 2.45) is 0 Å². The van der Waals surface area contributed by atoms with Gasteiger partial charge in [0.25, 0.3) is 0 Å². The van der Waals surface area contributed by atoms with Crippen molar-refractivity contribution >= 4 is 11.9 Å². The van der Waals surface area contributed by atoms with E-state index in [2.05, 4.69) is 0 Å². The zero-order valence-corrected chi connectivity index (χ0v) is 13.7. The van der Waals surface area contributed by atoms with Crippen LogP contribution < -0.4 is 0 Å². The van der Waals surface area contributed by atoms with Gasteiger partial charge in [0.1, 0.15) is 12.2 Å². The summed E-state index contributed by atoms with van der Waals surface area (Å²) in [7, 11) is 1.34. The van der Waals surface area contributed by atoms with Crippen molar-refractivity contribution in [3.63, 3.8) is 0 Å². The van der Waals surface area contributed by atoms with E-state index in [4.69, 9.17) is 18.9 Å². The molecule has 0 spiro atoms. The fourth-order valence-corrected chi connectivity index (χ4v) is 3.21. The first-order valence-electron chi connectivity index (χ1n) is 8.27. The lowest BCUT2D eigenvalue weighted by atomic mass is 9.92. The number of benzene rings is 1. The van der Waals surface area contributed by atoms with Gasteiger partial charge in [-0.1, -0.05) is 18.2 Å². The van der Waals surface area contributed by atoms with Gasteiger partial charge in [-0.2, -0.15) is 0 Å². The highest BCUT2D eigenvalue weighted by atomic mass is 16.6. The van der Waals surface area contributed by atoms with E-state index in [-0.39, 0.29) is 24.6 Å². The summed E-state index contributed by atoms with van der Waals surface area (Å²) >= 11 is 0. The molecule has 1 aromatic carbocycles. The van der Waals surface area contributed by atoms with Crippen LogP contribution in [0.4, 0.5) is 0 Å². The van der Waals surface area contributed by atoms with Crippen molar-refractivity contribution < 1.29 is 28.5 Å². The van der Waals surface area contributed by atoms with E-state index < -0.39 is 18.2 Å². The predicted molar refractivity (Wildman–Crippen MR) is 84.5 cm³/mol. The third-order valence-corrected chi connectivity index (χ3v) is 4.47. The lowest BCUT2D eigenvalue weighted by molar-refractivity contribution is -0.206. The topological polar surface area (TPSA) is 71.1 Å². The van der Waals surface area contributed by atoms with Gasteiger partial charge in [-0.3, -0.25) is 4.79 Å². The molecule has 6 nitrogen and oxygen atoms in total. The fraction of sp³-hybridized carbons (Fsp3) is 0.556. The number of carbonyl (C=O) groups excluding carboxylic acids is 2. The van der Waals surface area contributed by atoms with Gasteiger partial charge in [0.2, 0.25) is 0 Å². The van der Waals surface area contributed by atoms with Crippen molar-refractivity contribution in [1.29, 1.82) is 0 Å². The SMILES string of the molecule is COC(=O)C[C@H]1O[C@@H]2CCCO[C@H]2C[C@H]1OC(=O)c1ccccc1. The molecular formula is C18H22O6. The third-order valence-electron chi connectivity index (χ3n) is 4.47. The highest BCUT2D eigenvalue weighted by Gasteiger charge is 2.42. The molecule has 1 aromatic rings. The predicted octanol–water partition coefficient (Wildman–Crippen LogP) is 2.11. The monoisotopic (exact) mass is 334 g/mol. The molecule has 2 aliphatic rings. The molecule has 2 heterocycles. The van der Waals surface area contributed by atoms with Crippen LogP contribution in [0.5, 0.6) is 0 Å². The first-order chi connectivity index (χ1) is 11.7. The second kappa shape index (κ2) is 7.77. The van der Waals surface area contributed by atoms with Crippen LogP contribution >= 0.6 is 0 Å². The Morgan fingerprint density at radius 3 is 2.75 bits per heavy atom. The second-order valence-corrected chi connectivity index (χ2v) is 6.09. The Bertz CT molecular complexity index is 572. The molecule has 0 bridgehead atoms. The van der Waals surface area contributed by atoms with Crippen LogP contribution in [0.1, 0.15) is 36.0 Å². The lowest BCUT2D eigenvalue weighted by Crippen LogP contribution is -2.52. The first kappa shape index (κ1) is 16.9. The molecule has 6 heteroatoms. The van der Waals surface area contributed by atoms with Gasteiger partial charge in [0.15, 0.2) is 0 Å². The van der Waals surface area contributed by atoms with Crippen LogP contribution in [0.2, 0.25) is 0 Å². The number of fused-ring (bicyclic) bond motifs is 1. The molecule has 0 N–H and O–H groups in total. The van der Waals surface area contributed by atoms with Gasteiger partial charge in [-0.15, -0.1) is 0 Å². The fourth-order valence-electron chi connectivity index (χ4n) is 3.21. The number of ether oxygens (including phenoxy) is 4. The summed E-state index contributed by atoms with van der Waals surface area (Å²) in [6.45, 7) is 0.686. The van der Waals surface area contributed by atoms with E-state index in [1.165, 1.54) is 7.11 Å². The lowest BCUT2D eigenvalue weighted by Gasteiger charge is -2.42. The van der Waals surface area contributed by atoms with Crippen LogP contribution in [0.3, 0.4) is 0 Å². The molecule has 4 atom stereocenters. The molecule has 130 valence electrons. The number of carbonyl (C=O) groups is 2. The first-order valence-corrected chi connectivity index (χ1v) is 8.27. The van der Waals surface area contributed by atoms with E-state index in [1.54, 1.807) is 24.3 Å². The Balaban J connectivity index is 1.71. The normalized spacial score (nSPS) is 29.4. The van der Waals surface area contributed by atoms with Gasteiger partial charge in [-0.25, -0.2) is 4.79 Å². The number of hydrogen-bond donors (Lipinski definition) is 0. The molecule has 2 aliphatic heterocycles. The molecule has 2 fully saturated rings. The molecular weight excluding hydrogens is 312 g/mol. The molecule has 0 aliphatic carbocycles. The Morgan fingerprint density at radius 1 is 1.21 bits per heavy atom. The highest BCUT2D eigenvalue weighted by molar-refractivity contribution is 5.89. The summed E-state index contributed by atoms with van der Waals surface area (Å²) in [6.07, 6.45) is 1.23. The van der Waals surface area contributed by atoms with Crippen molar-refractivity contribution in [2.45, 2.75) is 50.1 Å². The molecule has 0 saturated carbocycles. The molecule has 0 radical (unpaired) electrons. The quantitative estimate of drug-likeness (QED) is 0.786. The van der Waals surface area contributed by atoms with Gasteiger partial charge in [-0.05, 0) is 25.0 Å². The maximum absolute atomic E-state index is 12.3. The number of methoxy groups -OCH3 is 1. The standard InChI is InChI=1S/C18H22O6/c1-21-17(19)11-16-15(10-14-13(23-16)8-5-9-22-14)24-18(20)12-6-3-2-4-7-12/h2-4,6-7,13-16H,5,8-11H2,1H3/t13-,14+,15-,16-/m1/s1. The van der Waals surface area contributed by atoms with Crippen molar-refractivity contribution in [2.75, 3.05) is 13.7 Å². The summed E-state index contributed by atoms with van der Waals surface area (Å²) in [6, 6.07) is 8.78. The zero-order chi connectivity index (χ0) is 16.9. The summed E-state index contributed by atoms with van der Waals surface area (Å²) in [5.74, 6) is -0.802. The smallest absolute Gasteiger partial charge is 0.338 e. The van der Waals surface area contributed by atoms with Crippen molar-refractivity contribution in [3.05, 3.63) is 35.9 Å². The average Bonchev–Trinajstić information content (AvgIpc) is 2.62. The summed E-state index contributed by atoms with van der Waals surface area (Å²) in [5.41, 5.74) is 0.473. The zero-order valence-electron chi connectivity index (χ0n) is 13.7. The minimum atomic E-state index is -0.531.